The Kier molecular flexibility index (Phi) is 5.35. The number of carbonyl (C=O) groups excluding carboxylic acids is 1. The highest BCUT2D eigenvalue weighted by atomic mass is 127. The topological polar surface area (TPSA) is 74.4 Å². The van der Waals surface area contributed by atoms with E-state index in [-0.39, 0.29) is 27.8 Å². The summed E-state index contributed by atoms with van der Waals surface area (Å²) in [4.78, 5) is 14.9. The molecule has 0 spiro atoms. The zero-order valence-electron chi connectivity index (χ0n) is 9.75. The van der Waals surface area contributed by atoms with E-state index in [9.17, 15) is 18.0 Å². The fraction of sp³-hybridized carbons (Fsp3) is 0.400. The van der Waals surface area contributed by atoms with Crippen LogP contribution in [-0.2, 0) is 22.5 Å². The molecular formula is C10H10F3IN2O3. The molecule has 1 heterocycles. The Morgan fingerprint density at radius 1 is 1.53 bits per heavy atom. The molecule has 0 fully saturated rings. The molecule has 9 heteroatoms. The fourth-order valence-electron chi connectivity index (χ4n) is 1.36. The Morgan fingerprint density at radius 3 is 2.63 bits per heavy atom. The van der Waals surface area contributed by atoms with E-state index in [4.69, 9.17) is 5.73 Å². The molecule has 0 saturated heterocycles. The molecule has 0 radical (unpaired) electrons. The van der Waals surface area contributed by atoms with Gasteiger partial charge in [0, 0.05) is 18.3 Å². The van der Waals surface area contributed by atoms with Gasteiger partial charge in [-0.1, -0.05) is 0 Å². The number of halogens is 4. The van der Waals surface area contributed by atoms with E-state index in [2.05, 4.69) is 14.5 Å². The molecule has 106 valence electrons. The summed E-state index contributed by atoms with van der Waals surface area (Å²) in [6.07, 6.45) is -3.79. The van der Waals surface area contributed by atoms with Crippen LogP contribution in [-0.4, -0.2) is 24.4 Å². The second-order valence-electron chi connectivity index (χ2n) is 3.39. The van der Waals surface area contributed by atoms with E-state index < -0.39 is 18.1 Å². The number of carbonyl (C=O) groups is 1. The van der Waals surface area contributed by atoms with Crippen molar-refractivity contribution in [1.29, 1.82) is 0 Å². The molecule has 0 atom stereocenters. The number of aromatic nitrogens is 1. The van der Waals surface area contributed by atoms with Gasteiger partial charge in [0.05, 0.1) is 13.5 Å². The number of alkyl halides is 3. The van der Waals surface area contributed by atoms with Gasteiger partial charge in [-0.15, -0.1) is 13.2 Å². The smallest absolute Gasteiger partial charge is 0.469 e. The van der Waals surface area contributed by atoms with E-state index >= 15 is 0 Å². The molecule has 0 aromatic carbocycles. The third kappa shape index (κ3) is 4.49. The Morgan fingerprint density at radius 2 is 2.16 bits per heavy atom. The molecule has 1 aromatic heterocycles. The first-order valence-corrected chi connectivity index (χ1v) is 6.05. The SMILES string of the molecule is COC(=O)Cc1cnc(I)c(OC(F)(F)F)c1CN. The molecule has 2 N–H and O–H groups in total. The first kappa shape index (κ1) is 16.0. The van der Waals surface area contributed by atoms with Gasteiger partial charge >= 0.3 is 12.3 Å². The number of nitrogens with two attached hydrogens (primary N) is 1. The fourth-order valence-corrected chi connectivity index (χ4v) is 1.94. The van der Waals surface area contributed by atoms with Crippen molar-refractivity contribution in [3.63, 3.8) is 0 Å². The number of esters is 1. The van der Waals surface area contributed by atoms with Crippen molar-refractivity contribution in [2.24, 2.45) is 5.73 Å². The van der Waals surface area contributed by atoms with Gasteiger partial charge < -0.3 is 15.2 Å². The predicted molar refractivity (Wildman–Crippen MR) is 67.2 cm³/mol. The first-order chi connectivity index (χ1) is 8.78. The number of hydrogen-bond donors (Lipinski definition) is 1. The summed E-state index contributed by atoms with van der Waals surface area (Å²) in [6, 6.07) is 0. The number of hydrogen-bond acceptors (Lipinski definition) is 5. The van der Waals surface area contributed by atoms with Crippen LogP contribution in [0, 0.1) is 3.70 Å². The zero-order valence-corrected chi connectivity index (χ0v) is 11.9. The Balaban J connectivity index is 3.21. The lowest BCUT2D eigenvalue weighted by atomic mass is 10.1. The third-order valence-corrected chi connectivity index (χ3v) is 2.94. The molecule has 1 rings (SSSR count). The monoisotopic (exact) mass is 390 g/mol. The summed E-state index contributed by atoms with van der Waals surface area (Å²) in [7, 11) is 1.18. The summed E-state index contributed by atoms with van der Waals surface area (Å²) in [5, 5.41) is 0. The summed E-state index contributed by atoms with van der Waals surface area (Å²) in [6.45, 7) is -0.212. The highest BCUT2D eigenvalue weighted by Crippen LogP contribution is 2.32. The van der Waals surface area contributed by atoms with Crippen LogP contribution in [0.25, 0.3) is 0 Å². The van der Waals surface area contributed by atoms with Crippen LogP contribution in [0.15, 0.2) is 6.20 Å². The zero-order chi connectivity index (χ0) is 14.6. The maximum atomic E-state index is 12.3. The van der Waals surface area contributed by atoms with Crippen molar-refractivity contribution in [3.8, 4) is 5.75 Å². The number of ether oxygens (including phenoxy) is 2. The van der Waals surface area contributed by atoms with Gasteiger partial charge in [-0.3, -0.25) is 4.79 Å². The lowest BCUT2D eigenvalue weighted by Crippen LogP contribution is -2.21. The lowest BCUT2D eigenvalue weighted by Gasteiger charge is -2.16. The van der Waals surface area contributed by atoms with Crippen LogP contribution >= 0.6 is 22.6 Å². The van der Waals surface area contributed by atoms with Gasteiger partial charge in [0.2, 0.25) is 0 Å². The summed E-state index contributed by atoms with van der Waals surface area (Å²) < 4.78 is 45.3. The van der Waals surface area contributed by atoms with Crippen LogP contribution in [0.4, 0.5) is 13.2 Å². The number of nitrogens with zero attached hydrogens (tertiary/aromatic N) is 1. The van der Waals surface area contributed by atoms with Crippen molar-refractivity contribution < 1.29 is 27.4 Å². The standard InChI is InChI=1S/C10H10F3IN2O3/c1-18-7(17)2-5-4-16-9(14)8(6(5)3-15)19-10(11,12)13/h4H,2-3,15H2,1H3. The largest absolute Gasteiger partial charge is 0.573 e. The average Bonchev–Trinajstić information content (AvgIpc) is 2.31. The third-order valence-electron chi connectivity index (χ3n) is 2.17. The Bertz CT molecular complexity index is 480. The molecule has 19 heavy (non-hydrogen) atoms. The summed E-state index contributed by atoms with van der Waals surface area (Å²) in [5.41, 5.74) is 5.76. The maximum Gasteiger partial charge on any atom is 0.573 e. The van der Waals surface area contributed by atoms with E-state index in [0.29, 0.717) is 0 Å². The van der Waals surface area contributed by atoms with E-state index in [1.54, 1.807) is 22.6 Å². The highest BCUT2D eigenvalue weighted by molar-refractivity contribution is 14.1. The summed E-state index contributed by atoms with van der Waals surface area (Å²) in [5.74, 6) is -1.08. The molecule has 0 amide bonds. The minimum atomic E-state index is -4.85. The van der Waals surface area contributed by atoms with Crippen LogP contribution < -0.4 is 10.5 Å². The van der Waals surface area contributed by atoms with Gasteiger partial charge in [0.15, 0.2) is 5.75 Å². The molecule has 0 bridgehead atoms. The molecule has 0 aliphatic rings. The second-order valence-corrected chi connectivity index (χ2v) is 4.41. The Labute approximate surface area is 120 Å². The minimum Gasteiger partial charge on any atom is -0.469 e. The van der Waals surface area contributed by atoms with Gasteiger partial charge in [0.25, 0.3) is 0 Å². The van der Waals surface area contributed by atoms with E-state index in [0.717, 1.165) is 0 Å². The number of pyridine rings is 1. The highest BCUT2D eigenvalue weighted by Gasteiger charge is 2.34. The molecule has 0 unspecified atom stereocenters. The van der Waals surface area contributed by atoms with E-state index in [1.807, 2.05) is 0 Å². The molecule has 0 aliphatic carbocycles. The molecule has 0 aliphatic heterocycles. The molecule has 1 aromatic rings. The van der Waals surface area contributed by atoms with Crippen molar-refractivity contribution in [3.05, 3.63) is 21.0 Å². The predicted octanol–water partition coefficient (Wildman–Crippen LogP) is 1.76. The second kappa shape index (κ2) is 6.37. The van der Waals surface area contributed by atoms with Gasteiger partial charge in [0.1, 0.15) is 3.70 Å². The van der Waals surface area contributed by atoms with Gasteiger partial charge in [-0.05, 0) is 28.2 Å². The quantitative estimate of drug-likeness (QED) is 0.482. The van der Waals surface area contributed by atoms with Crippen LogP contribution in [0.3, 0.4) is 0 Å². The summed E-state index contributed by atoms with van der Waals surface area (Å²) >= 11 is 1.60. The normalized spacial score (nSPS) is 11.3. The lowest BCUT2D eigenvalue weighted by molar-refractivity contribution is -0.275. The van der Waals surface area contributed by atoms with Gasteiger partial charge in [-0.2, -0.15) is 0 Å². The molecule has 5 nitrogen and oxygen atoms in total. The number of rotatable bonds is 4. The Hall–Kier alpha value is -1.10. The van der Waals surface area contributed by atoms with Crippen molar-refractivity contribution >= 4 is 28.6 Å². The van der Waals surface area contributed by atoms with Crippen molar-refractivity contribution in [2.45, 2.75) is 19.3 Å². The average molecular weight is 390 g/mol. The van der Waals surface area contributed by atoms with Gasteiger partial charge in [-0.25, -0.2) is 4.98 Å². The maximum absolute atomic E-state index is 12.3. The molecular weight excluding hydrogens is 380 g/mol. The van der Waals surface area contributed by atoms with Crippen molar-refractivity contribution in [2.75, 3.05) is 7.11 Å². The van der Waals surface area contributed by atoms with Crippen LogP contribution in [0.1, 0.15) is 11.1 Å². The first-order valence-electron chi connectivity index (χ1n) is 4.97. The molecule has 0 saturated carbocycles. The number of methoxy groups -OCH3 is 1. The van der Waals surface area contributed by atoms with Crippen molar-refractivity contribution in [1.82, 2.24) is 4.98 Å². The van der Waals surface area contributed by atoms with Crippen LogP contribution in [0.5, 0.6) is 5.75 Å². The van der Waals surface area contributed by atoms with Crippen LogP contribution in [0.2, 0.25) is 0 Å². The van der Waals surface area contributed by atoms with E-state index in [1.165, 1.54) is 13.3 Å². The minimum absolute atomic E-state index is 0.0176.